The van der Waals surface area contributed by atoms with Crippen LogP contribution >= 0.6 is 7.95 Å². The van der Waals surface area contributed by atoms with Crippen molar-refractivity contribution in [1.29, 1.82) is 0 Å². The molecule has 122 valence electrons. The first-order chi connectivity index (χ1) is 11.3. The molecule has 0 spiro atoms. The number of aryl methyl sites for hydroxylation is 1. The van der Waals surface area contributed by atoms with Gasteiger partial charge in [0.2, 0.25) is 5.30 Å². The molecule has 0 aromatic heterocycles. The molecule has 2 nitrogen and oxygen atoms in total. The Balaban J connectivity index is 1.75. The Kier molecular flexibility index (Phi) is 7.83. The molecule has 0 saturated heterocycles. The Morgan fingerprint density at radius 1 is 0.826 bits per heavy atom. The summed E-state index contributed by atoms with van der Waals surface area (Å²) in [6, 6.07) is 17.9. The zero-order chi connectivity index (χ0) is 16.3. The first-order valence-electron chi connectivity index (χ1n) is 8.67. The predicted molar refractivity (Wildman–Crippen MR) is 101 cm³/mol. The van der Waals surface area contributed by atoms with Gasteiger partial charge in [0.25, 0.3) is 0 Å². The van der Waals surface area contributed by atoms with E-state index < -0.39 is 7.95 Å². The van der Waals surface area contributed by atoms with Crippen molar-refractivity contribution in [2.75, 3.05) is 5.09 Å². The van der Waals surface area contributed by atoms with Gasteiger partial charge in [-0.1, -0.05) is 69.4 Å². The molecule has 1 unspecified atom stereocenters. The quantitative estimate of drug-likeness (QED) is 0.423. The summed E-state index contributed by atoms with van der Waals surface area (Å²) in [6.45, 7) is 2.25. The predicted octanol–water partition coefficient (Wildman–Crippen LogP) is 6.07. The second kappa shape index (κ2) is 10.2. The van der Waals surface area contributed by atoms with Crippen molar-refractivity contribution in [3.63, 3.8) is 0 Å². The average molecular weight is 328 g/mol. The van der Waals surface area contributed by atoms with Gasteiger partial charge in [0, 0.05) is 0 Å². The lowest BCUT2D eigenvalue weighted by Gasteiger charge is -2.03. The molecule has 0 amide bonds. The van der Waals surface area contributed by atoms with Crippen molar-refractivity contribution in [3.8, 4) is 0 Å². The van der Waals surface area contributed by atoms with E-state index in [1.807, 2.05) is 42.5 Å². The molecule has 2 aromatic carbocycles. The van der Waals surface area contributed by atoms with Crippen LogP contribution < -0.4 is 10.4 Å². The van der Waals surface area contributed by atoms with E-state index in [-0.39, 0.29) is 0 Å². The van der Waals surface area contributed by atoms with Crippen molar-refractivity contribution in [2.45, 2.75) is 51.9 Å². The molecule has 0 bridgehead atoms. The van der Waals surface area contributed by atoms with E-state index in [1.165, 1.54) is 44.1 Å². The summed E-state index contributed by atoms with van der Waals surface area (Å²) < 4.78 is 12.2. The molecular weight excluding hydrogens is 301 g/mol. The number of anilines is 1. The highest BCUT2D eigenvalue weighted by atomic mass is 31.1. The Morgan fingerprint density at radius 3 is 2.17 bits per heavy atom. The highest BCUT2D eigenvalue weighted by molar-refractivity contribution is 7.55. The fourth-order valence-corrected chi connectivity index (χ4v) is 3.56. The van der Waals surface area contributed by atoms with E-state index in [4.69, 9.17) is 0 Å². The first-order valence-corrected chi connectivity index (χ1v) is 9.93. The number of nitrogens with one attached hydrogen (secondary N) is 1. The third-order valence-corrected chi connectivity index (χ3v) is 5.22. The van der Waals surface area contributed by atoms with Gasteiger partial charge >= 0.3 is 7.95 Å². The summed E-state index contributed by atoms with van der Waals surface area (Å²) in [7, 11) is -1.58. The number of benzene rings is 2. The Bertz CT molecular complexity index is 580. The lowest BCUT2D eigenvalue weighted by atomic mass is 10.0. The SMILES string of the molecule is CCCCCCCCc1ccc(N[P+](=O)c2ccccc2)cc1. The number of hydrogen-bond donors (Lipinski definition) is 1. The Morgan fingerprint density at radius 2 is 1.48 bits per heavy atom. The minimum absolute atomic E-state index is 0.832. The van der Waals surface area contributed by atoms with Gasteiger partial charge in [0.1, 0.15) is 0 Å². The molecule has 3 heteroatoms. The molecule has 2 aromatic rings. The van der Waals surface area contributed by atoms with Gasteiger partial charge < -0.3 is 0 Å². The monoisotopic (exact) mass is 328 g/mol. The van der Waals surface area contributed by atoms with Crippen LogP contribution in [-0.4, -0.2) is 0 Å². The molecule has 0 saturated carbocycles. The van der Waals surface area contributed by atoms with Gasteiger partial charge in [-0.15, -0.1) is 0 Å². The summed E-state index contributed by atoms with van der Waals surface area (Å²) >= 11 is 0. The number of hydrogen-bond acceptors (Lipinski definition) is 1. The summed E-state index contributed by atoms with van der Waals surface area (Å²) in [5, 5.41) is 3.92. The Hall–Kier alpha value is -1.66. The third-order valence-electron chi connectivity index (χ3n) is 3.99. The maximum atomic E-state index is 12.2. The first kappa shape index (κ1) is 17.7. The lowest BCUT2D eigenvalue weighted by Crippen LogP contribution is -2.00. The maximum Gasteiger partial charge on any atom is 0.499 e. The number of rotatable bonds is 10. The molecule has 1 atom stereocenters. The normalized spacial score (nSPS) is 11.3. The lowest BCUT2D eigenvalue weighted by molar-refractivity contribution is 0.596. The zero-order valence-electron chi connectivity index (χ0n) is 14.0. The average Bonchev–Trinajstić information content (AvgIpc) is 2.60. The summed E-state index contributed by atoms with van der Waals surface area (Å²) in [5.74, 6) is 0. The van der Waals surface area contributed by atoms with Crippen molar-refractivity contribution in [3.05, 3.63) is 60.2 Å². The van der Waals surface area contributed by atoms with Crippen LogP contribution in [0.1, 0.15) is 51.0 Å². The van der Waals surface area contributed by atoms with E-state index in [9.17, 15) is 4.57 Å². The molecule has 0 fully saturated rings. The van der Waals surface area contributed by atoms with Crippen LogP contribution in [0.4, 0.5) is 5.69 Å². The second-order valence-corrected chi connectivity index (χ2v) is 7.29. The molecule has 2 rings (SSSR count). The fraction of sp³-hybridized carbons (Fsp3) is 0.400. The van der Waals surface area contributed by atoms with Crippen molar-refractivity contribution in [1.82, 2.24) is 0 Å². The van der Waals surface area contributed by atoms with Gasteiger partial charge in [-0.3, -0.25) is 0 Å². The van der Waals surface area contributed by atoms with Gasteiger partial charge in [0.15, 0.2) is 0 Å². The molecule has 0 aliphatic rings. The minimum Gasteiger partial charge on any atom is -0.174 e. The Labute approximate surface area is 141 Å². The topological polar surface area (TPSA) is 29.1 Å². The van der Waals surface area contributed by atoms with Crippen LogP contribution in [0.2, 0.25) is 0 Å². The summed E-state index contributed by atoms with van der Waals surface area (Å²) in [5.41, 5.74) is 2.28. The molecule has 0 aliphatic heterocycles. The van der Waals surface area contributed by atoms with Crippen LogP contribution in [0, 0.1) is 0 Å². The van der Waals surface area contributed by atoms with E-state index in [1.54, 1.807) is 0 Å². The molecule has 1 N–H and O–H groups in total. The number of unbranched alkanes of at least 4 members (excludes halogenated alkanes) is 5. The van der Waals surface area contributed by atoms with Crippen molar-refractivity contribution < 1.29 is 4.57 Å². The standard InChI is InChI=1S/C20H27NOP/c1-2-3-4-5-6-8-11-18-14-16-19(17-15-18)21-23(22)20-12-9-7-10-13-20/h7,9-10,12-17H,2-6,8,11H2,1H3,(H,21,22)/q+1. The van der Waals surface area contributed by atoms with Gasteiger partial charge in [0.05, 0.1) is 5.69 Å². The summed E-state index contributed by atoms with van der Waals surface area (Å²) in [4.78, 5) is 0. The van der Waals surface area contributed by atoms with Crippen LogP contribution in [0.3, 0.4) is 0 Å². The zero-order valence-corrected chi connectivity index (χ0v) is 14.9. The molecular formula is C20H27NOP+. The fourth-order valence-electron chi connectivity index (χ4n) is 2.60. The smallest absolute Gasteiger partial charge is 0.174 e. The van der Waals surface area contributed by atoms with Crippen LogP contribution in [0.25, 0.3) is 0 Å². The highest BCUT2D eigenvalue weighted by Gasteiger charge is 2.18. The maximum absolute atomic E-state index is 12.2. The van der Waals surface area contributed by atoms with E-state index >= 15 is 0 Å². The molecule has 23 heavy (non-hydrogen) atoms. The van der Waals surface area contributed by atoms with Crippen molar-refractivity contribution >= 4 is 18.9 Å². The largest absolute Gasteiger partial charge is 0.499 e. The van der Waals surface area contributed by atoms with E-state index in [2.05, 4.69) is 24.1 Å². The van der Waals surface area contributed by atoms with Crippen LogP contribution in [-0.2, 0) is 11.0 Å². The minimum atomic E-state index is -1.58. The van der Waals surface area contributed by atoms with E-state index in [0.29, 0.717) is 0 Å². The van der Waals surface area contributed by atoms with Gasteiger partial charge in [-0.2, -0.15) is 5.09 Å². The third kappa shape index (κ3) is 6.54. The second-order valence-electron chi connectivity index (χ2n) is 5.96. The van der Waals surface area contributed by atoms with Crippen molar-refractivity contribution in [2.24, 2.45) is 0 Å². The summed E-state index contributed by atoms with van der Waals surface area (Å²) in [6.07, 6.45) is 9.10. The van der Waals surface area contributed by atoms with Crippen LogP contribution in [0.5, 0.6) is 0 Å². The van der Waals surface area contributed by atoms with Crippen LogP contribution in [0.15, 0.2) is 54.6 Å². The molecule has 0 radical (unpaired) electrons. The van der Waals surface area contributed by atoms with Gasteiger partial charge in [-0.25, -0.2) is 0 Å². The van der Waals surface area contributed by atoms with Gasteiger partial charge in [-0.05, 0) is 47.2 Å². The highest BCUT2D eigenvalue weighted by Crippen LogP contribution is 2.24. The molecule has 0 heterocycles. The van der Waals surface area contributed by atoms with E-state index in [0.717, 1.165) is 17.4 Å². The molecule has 0 aliphatic carbocycles.